The van der Waals surface area contributed by atoms with E-state index in [0.29, 0.717) is 6.61 Å². The van der Waals surface area contributed by atoms with Gasteiger partial charge in [-0.3, -0.25) is 14.3 Å². The fourth-order valence-electron chi connectivity index (χ4n) is 2.30. The van der Waals surface area contributed by atoms with Crippen LogP contribution in [0.3, 0.4) is 0 Å². The number of aliphatic hydroxyl groups excluding tert-OH is 1. The number of H-pyrrole nitrogens is 1. The Morgan fingerprint density at radius 1 is 1.50 bits per heavy atom. The number of nitrogens with one attached hydrogen (secondary N) is 2. The highest BCUT2D eigenvalue weighted by molar-refractivity contribution is 5.62. The Morgan fingerprint density at radius 3 is 2.70 bits per heavy atom. The number of aliphatic hydroxyl groups is 1. The minimum Gasteiger partial charge on any atom is -0.394 e. The van der Waals surface area contributed by atoms with Crippen molar-refractivity contribution >= 4 is 11.5 Å². The van der Waals surface area contributed by atoms with E-state index in [2.05, 4.69) is 10.3 Å². The second kappa shape index (κ2) is 5.68. The van der Waals surface area contributed by atoms with Crippen molar-refractivity contribution < 1.29 is 9.84 Å². The van der Waals surface area contributed by atoms with Gasteiger partial charge in [0.15, 0.2) is 0 Å². The highest BCUT2D eigenvalue weighted by atomic mass is 16.5. The van der Waals surface area contributed by atoms with Crippen molar-refractivity contribution in [3.05, 3.63) is 20.8 Å². The van der Waals surface area contributed by atoms with Gasteiger partial charge in [0.25, 0.3) is 5.56 Å². The zero-order valence-electron chi connectivity index (χ0n) is 11.4. The van der Waals surface area contributed by atoms with Gasteiger partial charge >= 0.3 is 5.69 Å². The lowest BCUT2D eigenvalue weighted by Gasteiger charge is -2.41. The van der Waals surface area contributed by atoms with E-state index in [1.807, 2.05) is 0 Å². The number of nitrogens with two attached hydrogens (primary N) is 1. The average Bonchev–Trinajstić information content (AvgIpc) is 2.37. The summed E-state index contributed by atoms with van der Waals surface area (Å²) in [6.07, 6.45) is 2.51. The summed E-state index contributed by atoms with van der Waals surface area (Å²) in [5.74, 6) is 0.0653. The topological polar surface area (TPSA) is 122 Å². The van der Waals surface area contributed by atoms with Gasteiger partial charge < -0.3 is 20.9 Å². The van der Waals surface area contributed by atoms with Crippen LogP contribution in [0.15, 0.2) is 9.59 Å². The van der Waals surface area contributed by atoms with Crippen LogP contribution < -0.4 is 22.3 Å². The van der Waals surface area contributed by atoms with Gasteiger partial charge in [0.2, 0.25) is 0 Å². The Balaban J connectivity index is 2.37. The predicted molar refractivity (Wildman–Crippen MR) is 74.9 cm³/mol. The first-order valence-corrected chi connectivity index (χ1v) is 6.53. The number of methoxy groups -OCH3 is 1. The van der Waals surface area contributed by atoms with Crippen LogP contribution >= 0.6 is 0 Å². The third kappa shape index (κ3) is 2.56. The molecule has 5 N–H and O–H groups in total. The molecular weight excluding hydrogens is 264 g/mol. The van der Waals surface area contributed by atoms with Gasteiger partial charge in [-0.15, -0.1) is 0 Å². The maximum absolute atomic E-state index is 11.9. The van der Waals surface area contributed by atoms with Crippen LogP contribution in [-0.4, -0.2) is 40.5 Å². The Morgan fingerprint density at radius 2 is 2.20 bits per heavy atom. The molecule has 0 saturated heterocycles. The van der Waals surface area contributed by atoms with E-state index in [-0.39, 0.29) is 24.7 Å². The molecule has 0 atom stereocenters. The molecule has 20 heavy (non-hydrogen) atoms. The van der Waals surface area contributed by atoms with Gasteiger partial charge in [-0.25, -0.2) is 4.79 Å². The summed E-state index contributed by atoms with van der Waals surface area (Å²) >= 11 is 0. The van der Waals surface area contributed by atoms with Gasteiger partial charge in [0.1, 0.15) is 11.5 Å². The van der Waals surface area contributed by atoms with Crippen molar-refractivity contribution in [1.82, 2.24) is 9.55 Å². The molecule has 2 rings (SSSR count). The van der Waals surface area contributed by atoms with E-state index >= 15 is 0 Å². The molecule has 0 bridgehead atoms. The number of ether oxygens (including phenoxy) is 1. The maximum atomic E-state index is 11.9. The third-order valence-corrected chi connectivity index (χ3v) is 3.76. The first kappa shape index (κ1) is 14.6. The van der Waals surface area contributed by atoms with Gasteiger partial charge in [-0.1, -0.05) is 0 Å². The molecule has 0 spiro atoms. The van der Waals surface area contributed by atoms with Crippen molar-refractivity contribution in [3.63, 3.8) is 0 Å². The summed E-state index contributed by atoms with van der Waals surface area (Å²) < 4.78 is 6.16. The van der Waals surface area contributed by atoms with Gasteiger partial charge in [-0.05, 0) is 19.3 Å². The molecule has 8 nitrogen and oxygen atoms in total. The highest BCUT2D eigenvalue weighted by Gasteiger charge is 2.37. The smallest absolute Gasteiger partial charge is 0.330 e. The number of rotatable bonds is 6. The van der Waals surface area contributed by atoms with Gasteiger partial charge in [-0.2, -0.15) is 0 Å². The van der Waals surface area contributed by atoms with Gasteiger partial charge in [0, 0.05) is 7.11 Å². The monoisotopic (exact) mass is 284 g/mol. The SMILES string of the molecule is COCCn1c(N)c(NC2(CO)CCC2)c(=O)[nH]c1=O. The minimum absolute atomic E-state index is 0.0653. The van der Waals surface area contributed by atoms with Crippen LogP contribution in [0.1, 0.15) is 19.3 Å². The molecular formula is C12H20N4O4. The van der Waals surface area contributed by atoms with E-state index in [9.17, 15) is 14.7 Å². The zero-order valence-corrected chi connectivity index (χ0v) is 11.4. The predicted octanol–water partition coefficient (Wildman–Crippen LogP) is -0.908. The summed E-state index contributed by atoms with van der Waals surface area (Å²) in [6.45, 7) is 0.475. The molecule has 0 amide bonds. The molecule has 1 heterocycles. The molecule has 1 aromatic heterocycles. The average molecular weight is 284 g/mol. The number of aromatic nitrogens is 2. The number of hydrogen-bond donors (Lipinski definition) is 4. The summed E-state index contributed by atoms with van der Waals surface area (Å²) in [6, 6.07) is 0. The lowest BCUT2D eigenvalue weighted by atomic mass is 9.77. The highest BCUT2D eigenvalue weighted by Crippen LogP contribution is 2.34. The van der Waals surface area contributed by atoms with Gasteiger partial charge in [0.05, 0.1) is 25.3 Å². The first-order chi connectivity index (χ1) is 9.53. The molecule has 112 valence electrons. The molecule has 0 aliphatic heterocycles. The molecule has 1 saturated carbocycles. The van der Waals surface area contributed by atoms with Crippen LogP contribution in [0.5, 0.6) is 0 Å². The zero-order chi connectivity index (χ0) is 14.8. The van der Waals surface area contributed by atoms with Crippen LogP contribution in [0, 0.1) is 0 Å². The van der Waals surface area contributed by atoms with Crippen molar-refractivity contribution in [2.45, 2.75) is 31.3 Å². The summed E-state index contributed by atoms with van der Waals surface area (Å²) in [5.41, 5.74) is 4.40. The van der Waals surface area contributed by atoms with E-state index in [1.54, 1.807) is 0 Å². The molecule has 8 heteroatoms. The quantitative estimate of drug-likeness (QED) is 0.536. The molecule has 1 fully saturated rings. The van der Waals surface area contributed by atoms with Crippen LogP contribution in [0.25, 0.3) is 0 Å². The molecule has 1 aliphatic carbocycles. The molecule has 1 aliphatic rings. The van der Waals surface area contributed by atoms with E-state index in [0.717, 1.165) is 19.3 Å². The largest absolute Gasteiger partial charge is 0.394 e. The normalized spacial score (nSPS) is 16.7. The number of aromatic amines is 1. The van der Waals surface area contributed by atoms with E-state index < -0.39 is 16.8 Å². The lowest BCUT2D eigenvalue weighted by molar-refractivity contribution is 0.144. The Labute approximate surface area is 115 Å². The van der Waals surface area contributed by atoms with Crippen molar-refractivity contribution in [2.24, 2.45) is 0 Å². The number of anilines is 2. The number of hydrogen-bond acceptors (Lipinski definition) is 6. The summed E-state index contributed by atoms with van der Waals surface area (Å²) in [5, 5.41) is 12.4. The number of nitrogen functional groups attached to an aromatic ring is 1. The third-order valence-electron chi connectivity index (χ3n) is 3.76. The Hall–Kier alpha value is -1.80. The summed E-state index contributed by atoms with van der Waals surface area (Å²) in [4.78, 5) is 25.9. The van der Waals surface area contributed by atoms with Crippen LogP contribution in [-0.2, 0) is 11.3 Å². The minimum atomic E-state index is -0.569. The molecule has 0 radical (unpaired) electrons. The first-order valence-electron chi connectivity index (χ1n) is 6.53. The molecule has 1 aromatic rings. The standard InChI is InChI=1S/C12H20N4O4/c1-20-6-5-16-9(13)8(10(18)14-11(16)19)15-12(7-17)3-2-4-12/h15,17H,2-7,13H2,1H3,(H,14,18,19). The Kier molecular flexibility index (Phi) is 4.15. The fourth-order valence-corrected chi connectivity index (χ4v) is 2.30. The van der Waals surface area contributed by atoms with Crippen LogP contribution in [0.2, 0.25) is 0 Å². The van der Waals surface area contributed by atoms with Crippen molar-refractivity contribution in [1.29, 1.82) is 0 Å². The Bertz CT molecular complexity index is 583. The number of nitrogens with zero attached hydrogens (tertiary/aromatic N) is 1. The van der Waals surface area contributed by atoms with E-state index in [1.165, 1.54) is 11.7 Å². The van der Waals surface area contributed by atoms with E-state index in [4.69, 9.17) is 10.5 Å². The summed E-state index contributed by atoms with van der Waals surface area (Å²) in [7, 11) is 1.52. The van der Waals surface area contributed by atoms with Crippen molar-refractivity contribution in [2.75, 3.05) is 31.4 Å². The second-order valence-electron chi connectivity index (χ2n) is 5.08. The second-order valence-corrected chi connectivity index (χ2v) is 5.08. The van der Waals surface area contributed by atoms with Crippen molar-refractivity contribution in [3.8, 4) is 0 Å². The lowest BCUT2D eigenvalue weighted by Crippen LogP contribution is -2.50. The molecule has 0 aromatic carbocycles. The molecule has 0 unspecified atom stereocenters. The van der Waals surface area contributed by atoms with Crippen LogP contribution in [0.4, 0.5) is 11.5 Å². The fraction of sp³-hybridized carbons (Fsp3) is 0.667. The maximum Gasteiger partial charge on any atom is 0.330 e.